The van der Waals surface area contributed by atoms with Crippen molar-refractivity contribution in [2.45, 2.75) is 17.7 Å². The van der Waals surface area contributed by atoms with Gasteiger partial charge in [0.2, 0.25) is 15.9 Å². The van der Waals surface area contributed by atoms with Crippen molar-refractivity contribution >= 4 is 26.7 Å². The first-order valence-electron chi connectivity index (χ1n) is 9.48. The molecule has 7 heteroatoms. The first-order valence-corrected chi connectivity index (χ1v) is 11.0. The van der Waals surface area contributed by atoms with E-state index in [1.54, 1.807) is 18.2 Å². The van der Waals surface area contributed by atoms with Gasteiger partial charge in [0.25, 0.3) is 0 Å². The number of sulfonamides is 1. The SMILES string of the molecule is O=C(CCCOc1cccc2ccccc12)NCCNS(=O)(=O)c1ccccc1. The summed E-state index contributed by atoms with van der Waals surface area (Å²) in [5.74, 6) is 0.671. The molecule has 2 N–H and O–H groups in total. The molecule has 3 aromatic carbocycles. The summed E-state index contributed by atoms with van der Waals surface area (Å²) in [7, 11) is -3.55. The van der Waals surface area contributed by atoms with Gasteiger partial charge in [0, 0.05) is 24.9 Å². The van der Waals surface area contributed by atoms with Crippen LogP contribution in [-0.4, -0.2) is 34.0 Å². The third-order valence-electron chi connectivity index (χ3n) is 4.35. The van der Waals surface area contributed by atoms with Crippen molar-refractivity contribution in [3.8, 4) is 5.75 Å². The monoisotopic (exact) mass is 412 g/mol. The fourth-order valence-electron chi connectivity index (χ4n) is 2.90. The lowest BCUT2D eigenvalue weighted by molar-refractivity contribution is -0.121. The number of fused-ring (bicyclic) bond motifs is 1. The summed E-state index contributed by atoms with van der Waals surface area (Å²) >= 11 is 0. The number of ether oxygens (including phenoxy) is 1. The maximum Gasteiger partial charge on any atom is 0.240 e. The van der Waals surface area contributed by atoms with Gasteiger partial charge in [-0.25, -0.2) is 13.1 Å². The van der Waals surface area contributed by atoms with Crippen LogP contribution in [0.2, 0.25) is 0 Å². The second kappa shape index (κ2) is 10.0. The van der Waals surface area contributed by atoms with E-state index < -0.39 is 10.0 Å². The van der Waals surface area contributed by atoms with Gasteiger partial charge in [0.15, 0.2) is 0 Å². The molecule has 0 fully saturated rings. The molecule has 29 heavy (non-hydrogen) atoms. The number of hydrogen-bond donors (Lipinski definition) is 2. The van der Waals surface area contributed by atoms with Gasteiger partial charge < -0.3 is 10.1 Å². The number of nitrogens with one attached hydrogen (secondary N) is 2. The minimum Gasteiger partial charge on any atom is -0.493 e. The summed E-state index contributed by atoms with van der Waals surface area (Å²) in [6.07, 6.45) is 0.890. The predicted octanol–water partition coefficient (Wildman–Crippen LogP) is 3.09. The van der Waals surface area contributed by atoms with Gasteiger partial charge >= 0.3 is 0 Å². The van der Waals surface area contributed by atoms with Crippen LogP contribution in [0.4, 0.5) is 0 Å². The fourth-order valence-corrected chi connectivity index (χ4v) is 3.95. The lowest BCUT2D eigenvalue weighted by atomic mass is 10.1. The molecule has 1 amide bonds. The van der Waals surface area contributed by atoms with Gasteiger partial charge in [0.05, 0.1) is 11.5 Å². The Labute approximate surface area is 170 Å². The van der Waals surface area contributed by atoms with Crippen LogP contribution in [0, 0.1) is 0 Å². The maximum absolute atomic E-state index is 12.1. The van der Waals surface area contributed by atoms with Crippen molar-refractivity contribution in [1.29, 1.82) is 0 Å². The van der Waals surface area contributed by atoms with Gasteiger partial charge in [-0.05, 0) is 30.0 Å². The van der Waals surface area contributed by atoms with Crippen molar-refractivity contribution in [2.24, 2.45) is 0 Å². The van der Waals surface area contributed by atoms with Crippen LogP contribution in [0.5, 0.6) is 5.75 Å². The number of carbonyl (C=O) groups excluding carboxylic acids is 1. The van der Waals surface area contributed by atoms with Crippen LogP contribution in [0.1, 0.15) is 12.8 Å². The van der Waals surface area contributed by atoms with E-state index >= 15 is 0 Å². The molecule has 0 aromatic heterocycles. The van der Waals surface area contributed by atoms with Crippen LogP contribution in [0.25, 0.3) is 10.8 Å². The lowest BCUT2D eigenvalue weighted by Crippen LogP contribution is -2.34. The zero-order valence-electron chi connectivity index (χ0n) is 16.0. The topological polar surface area (TPSA) is 84.5 Å². The third kappa shape index (κ3) is 6.04. The summed E-state index contributed by atoms with van der Waals surface area (Å²) < 4.78 is 32.4. The average molecular weight is 413 g/mol. The van der Waals surface area contributed by atoms with E-state index in [-0.39, 0.29) is 23.9 Å². The second-order valence-corrected chi connectivity index (χ2v) is 8.26. The molecule has 0 heterocycles. The molecule has 0 aliphatic carbocycles. The van der Waals surface area contributed by atoms with Crippen LogP contribution in [-0.2, 0) is 14.8 Å². The Balaban J connectivity index is 1.34. The quantitative estimate of drug-likeness (QED) is 0.501. The molecule has 0 radical (unpaired) electrons. The van der Waals surface area contributed by atoms with Gasteiger partial charge in [-0.2, -0.15) is 0 Å². The summed E-state index contributed by atoms with van der Waals surface area (Å²) in [5, 5.41) is 4.87. The first-order chi connectivity index (χ1) is 14.1. The molecule has 0 saturated heterocycles. The van der Waals surface area contributed by atoms with Crippen LogP contribution >= 0.6 is 0 Å². The highest BCUT2D eigenvalue weighted by atomic mass is 32.2. The van der Waals surface area contributed by atoms with E-state index in [0.29, 0.717) is 19.4 Å². The Bertz CT molecular complexity index is 1050. The smallest absolute Gasteiger partial charge is 0.240 e. The van der Waals surface area contributed by atoms with Crippen molar-refractivity contribution in [3.63, 3.8) is 0 Å². The van der Waals surface area contributed by atoms with Gasteiger partial charge in [-0.3, -0.25) is 4.79 Å². The Morgan fingerprint density at radius 2 is 1.59 bits per heavy atom. The van der Waals surface area contributed by atoms with E-state index in [4.69, 9.17) is 4.74 Å². The van der Waals surface area contributed by atoms with Crippen LogP contribution in [0.3, 0.4) is 0 Å². The number of hydrogen-bond acceptors (Lipinski definition) is 4. The Kier molecular flexibility index (Phi) is 7.21. The fraction of sp³-hybridized carbons (Fsp3) is 0.227. The molecular formula is C22H24N2O4S. The average Bonchev–Trinajstić information content (AvgIpc) is 2.75. The zero-order chi connectivity index (χ0) is 20.5. The predicted molar refractivity (Wildman–Crippen MR) is 113 cm³/mol. The van der Waals surface area contributed by atoms with Gasteiger partial charge in [0.1, 0.15) is 5.75 Å². The van der Waals surface area contributed by atoms with E-state index in [9.17, 15) is 13.2 Å². The molecular weight excluding hydrogens is 388 g/mol. The van der Waals surface area contributed by atoms with E-state index in [1.165, 1.54) is 12.1 Å². The molecule has 0 aliphatic rings. The maximum atomic E-state index is 12.1. The molecule has 3 rings (SSSR count). The molecule has 0 atom stereocenters. The minimum atomic E-state index is -3.55. The van der Waals surface area contributed by atoms with Crippen molar-refractivity contribution in [1.82, 2.24) is 10.0 Å². The molecule has 3 aromatic rings. The van der Waals surface area contributed by atoms with E-state index in [0.717, 1.165) is 16.5 Å². The highest BCUT2D eigenvalue weighted by molar-refractivity contribution is 7.89. The molecule has 0 saturated carbocycles. The van der Waals surface area contributed by atoms with E-state index in [2.05, 4.69) is 10.0 Å². The highest BCUT2D eigenvalue weighted by Gasteiger charge is 2.12. The van der Waals surface area contributed by atoms with Crippen molar-refractivity contribution in [2.75, 3.05) is 19.7 Å². The Morgan fingerprint density at radius 1 is 0.862 bits per heavy atom. The van der Waals surface area contributed by atoms with Crippen molar-refractivity contribution in [3.05, 3.63) is 72.8 Å². The van der Waals surface area contributed by atoms with Gasteiger partial charge in [-0.15, -0.1) is 0 Å². The standard InChI is InChI=1S/C22H24N2O4S/c25-22(23-15-16-24-29(26,27)19-10-2-1-3-11-19)14-7-17-28-21-13-6-9-18-8-4-5-12-20(18)21/h1-6,8-13,24H,7,14-17H2,(H,23,25). The molecule has 0 unspecified atom stereocenters. The first kappa shape index (κ1) is 20.8. The molecule has 0 aliphatic heterocycles. The number of amides is 1. The molecule has 152 valence electrons. The molecule has 6 nitrogen and oxygen atoms in total. The van der Waals surface area contributed by atoms with Crippen molar-refractivity contribution < 1.29 is 17.9 Å². The largest absolute Gasteiger partial charge is 0.493 e. The number of carbonyl (C=O) groups is 1. The number of benzene rings is 3. The summed E-state index contributed by atoms with van der Waals surface area (Å²) in [4.78, 5) is 12.1. The Hall–Kier alpha value is -2.90. The molecule has 0 spiro atoms. The minimum absolute atomic E-state index is 0.134. The summed E-state index contributed by atoms with van der Waals surface area (Å²) in [5.41, 5.74) is 0. The normalized spacial score (nSPS) is 11.3. The number of rotatable bonds is 10. The molecule has 0 bridgehead atoms. The third-order valence-corrected chi connectivity index (χ3v) is 5.83. The summed E-state index contributed by atoms with van der Waals surface area (Å²) in [6, 6.07) is 22.0. The zero-order valence-corrected chi connectivity index (χ0v) is 16.8. The second-order valence-electron chi connectivity index (χ2n) is 6.49. The van der Waals surface area contributed by atoms with Crippen LogP contribution in [0.15, 0.2) is 77.7 Å². The highest BCUT2D eigenvalue weighted by Crippen LogP contribution is 2.25. The lowest BCUT2D eigenvalue weighted by Gasteiger charge is -2.10. The van der Waals surface area contributed by atoms with Gasteiger partial charge in [-0.1, -0.05) is 54.6 Å². The van der Waals surface area contributed by atoms with Crippen LogP contribution < -0.4 is 14.8 Å². The summed E-state index contributed by atoms with van der Waals surface area (Å²) in [6.45, 7) is 0.798. The Morgan fingerprint density at radius 3 is 2.41 bits per heavy atom. The van der Waals surface area contributed by atoms with E-state index in [1.807, 2.05) is 42.5 Å².